The highest BCUT2D eigenvalue weighted by atomic mass is 16.3. The summed E-state index contributed by atoms with van der Waals surface area (Å²) in [5.41, 5.74) is 2.57. The number of aryl methyl sites for hydroxylation is 1. The van der Waals surface area contributed by atoms with Gasteiger partial charge in [-0.1, -0.05) is 42.0 Å². The van der Waals surface area contributed by atoms with Crippen LogP contribution in [0.15, 0.2) is 53.3 Å². The van der Waals surface area contributed by atoms with Gasteiger partial charge < -0.3 is 5.11 Å². The van der Waals surface area contributed by atoms with Gasteiger partial charge in [-0.15, -0.1) is 0 Å². The van der Waals surface area contributed by atoms with Crippen molar-refractivity contribution in [2.45, 2.75) is 6.92 Å². The van der Waals surface area contributed by atoms with Gasteiger partial charge in [-0.05, 0) is 30.2 Å². The summed E-state index contributed by atoms with van der Waals surface area (Å²) in [5, 5.41) is 9.29. The molecule has 0 saturated carbocycles. The minimum Gasteiger partial charge on any atom is -0.504 e. The van der Waals surface area contributed by atoms with E-state index in [1.807, 2.05) is 37.3 Å². The summed E-state index contributed by atoms with van der Waals surface area (Å²) in [7, 11) is 0. The molecule has 0 aliphatic carbocycles. The molecular formula is C14H12O2. The molecule has 1 N–H and O–H groups in total. The summed E-state index contributed by atoms with van der Waals surface area (Å²) in [6, 6.07) is 14.2. The second kappa shape index (κ2) is 4.19. The summed E-state index contributed by atoms with van der Waals surface area (Å²) in [6.45, 7) is 2.00. The van der Waals surface area contributed by atoms with E-state index < -0.39 is 0 Å². The van der Waals surface area contributed by atoms with E-state index >= 15 is 0 Å². The Kier molecular flexibility index (Phi) is 2.73. The molecule has 2 aromatic rings. The molecule has 80 valence electrons. The predicted molar refractivity (Wildman–Crippen MR) is 64.5 cm³/mol. The van der Waals surface area contributed by atoms with Crippen molar-refractivity contribution < 1.29 is 5.11 Å². The molecule has 0 radical (unpaired) electrons. The molecule has 0 heterocycles. The number of aromatic hydroxyl groups is 1. The van der Waals surface area contributed by atoms with E-state index in [4.69, 9.17) is 0 Å². The fourth-order valence-corrected chi connectivity index (χ4v) is 1.59. The smallest absolute Gasteiger partial charge is 0.220 e. The Morgan fingerprint density at radius 2 is 1.56 bits per heavy atom. The largest absolute Gasteiger partial charge is 0.504 e. The van der Waals surface area contributed by atoms with Crippen LogP contribution in [-0.2, 0) is 0 Å². The lowest BCUT2D eigenvalue weighted by Crippen LogP contribution is -1.93. The molecule has 0 atom stereocenters. The summed E-state index contributed by atoms with van der Waals surface area (Å²) in [6.07, 6.45) is 0. The minimum absolute atomic E-state index is 0.223. The first kappa shape index (κ1) is 10.4. The zero-order valence-electron chi connectivity index (χ0n) is 8.97. The van der Waals surface area contributed by atoms with Crippen LogP contribution in [0.1, 0.15) is 5.56 Å². The Labute approximate surface area is 93.8 Å². The monoisotopic (exact) mass is 212 g/mol. The van der Waals surface area contributed by atoms with Crippen molar-refractivity contribution in [1.82, 2.24) is 0 Å². The van der Waals surface area contributed by atoms with Crippen LogP contribution in [0.4, 0.5) is 0 Å². The van der Waals surface area contributed by atoms with E-state index in [9.17, 15) is 9.90 Å². The van der Waals surface area contributed by atoms with Crippen molar-refractivity contribution in [2.75, 3.05) is 0 Å². The number of rotatable bonds is 1. The van der Waals surface area contributed by atoms with Crippen molar-refractivity contribution in [3.8, 4) is 16.9 Å². The maximum Gasteiger partial charge on any atom is 0.220 e. The van der Waals surface area contributed by atoms with Gasteiger partial charge in [-0.3, -0.25) is 4.79 Å². The summed E-state index contributed by atoms with van der Waals surface area (Å²) < 4.78 is 0. The van der Waals surface area contributed by atoms with Crippen molar-refractivity contribution in [1.29, 1.82) is 0 Å². The van der Waals surface area contributed by atoms with Crippen LogP contribution < -0.4 is 5.43 Å². The molecule has 2 nitrogen and oxygen atoms in total. The lowest BCUT2D eigenvalue weighted by atomic mass is 10.1. The zero-order chi connectivity index (χ0) is 11.5. The number of hydrogen-bond acceptors (Lipinski definition) is 2. The first-order valence-corrected chi connectivity index (χ1v) is 5.07. The Hall–Kier alpha value is -2.09. The maximum absolute atomic E-state index is 11.4. The van der Waals surface area contributed by atoms with Gasteiger partial charge in [0, 0.05) is 0 Å². The van der Waals surface area contributed by atoms with Crippen molar-refractivity contribution >= 4 is 0 Å². The normalized spacial score (nSPS) is 10.1. The van der Waals surface area contributed by atoms with Gasteiger partial charge in [-0.25, -0.2) is 0 Å². The quantitative estimate of drug-likeness (QED) is 0.789. The van der Waals surface area contributed by atoms with Crippen molar-refractivity contribution in [2.24, 2.45) is 0 Å². The van der Waals surface area contributed by atoms with Crippen LogP contribution in [0.2, 0.25) is 0 Å². The third-order valence-electron chi connectivity index (χ3n) is 2.42. The molecule has 2 rings (SSSR count). The Morgan fingerprint density at radius 1 is 0.938 bits per heavy atom. The maximum atomic E-state index is 11.4. The molecule has 16 heavy (non-hydrogen) atoms. The van der Waals surface area contributed by atoms with E-state index in [0.29, 0.717) is 0 Å². The van der Waals surface area contributed by atoms with Crippen molar-refractivity contribution in [3.05, 3.63) is 64.3 Å². The van der Waals surface area contributed by atoms with Gasteiger partial charge >= 0.3 is 0 Å². The van der Waals surface area contributed by atoms with Crippen molar-refractivity contribution in [3.63, 3.8) is 0 Å². The van der Waals surface area contributed by atoms with Crippen LogP contribution in [0, 0.1) is 6.92 Å². The van der Waals surface area contributed by atoms with Crippen LogP contribution >= 0.6 is 0 Å². The standard InChI is InChI=1S/C14H12O2/c1-10-4-2-5-11(8-10)12-6-3-7-13(15)14(16)9-12/h2-9H,1H3,(H,15,16). The molecule has 0 aliphatic heterocycles. The average molecular weight is 212 g/mol. The topological polar surface area (TPSA) is 37.3 Å². The van der Waals surface area contributed by atoms with Gasteiger partial charge in [0.25, 0.3) is 0 Å². The molecule has 0 unspecified atom stereocenters. The van der Waals surface area contributed by atoms with Gasteiger partial charge in [-0.2, -0.15) is 0 Å². The highest BCUT2D eigenvalue weighted by Crippen LogP contribution is 2.18. The molecule has 2 heteroatoms. The van der Waals surface area contributed by atoms with Gasteiger partial charge in [0.15, 0.2) is 5.75 Å². The lowest BCUT2D eigenvalue weighted by molar-refractivity contribution is 0.471. The van der Waals surface area contributed by atoms with Gasteiger partial charge in [0.1, 0.15) is 0 Å². The fourth-order valence-electron chi connectivity index (χ4n) is 1.59. The molecule has 0 aliphatic rings. The van der Waals surface area contributed by atoms with E-state index in [1.54, 1.807) is 6.07 Å². The summed E-state index contributed by atoms with van der Waals surface area (Å²) >= 11 is 0. The molecule has 0 fully saturated rings. The second-order valence-electron chi connectivity index (χ2n) is 3.74. The molecule has 0 spiro atoms. The molecule has 0 saturated heterocycles. The molecule has 0 aromatic heterocycles. The Morgan fingerprint density at radius 3 is 2.25 bits per heavy atom. The van der Waals surface area contributed by atoms with E-state index in [2.05, 4.69) is 0 Å². The molecular weight excluding hydrogens is 200 g/mol. The van der Waals surface area contributed by atoms with Gasteiger partial charge in [0.2, 0.25) is 5.43 Å². The van der Waals surface area contributed by atoms with Gasteiger partial charge in [0.05, 0.1) is 0 Å². The number of benzene rings is 1. The molecule has 0 bridgehead atoms. The zero-order valence-corrected chi connectivity index (χ0v) is 8.97. The summed E-state index contributed by atoms with van der Waals surface area (Å²) in [5.74, 6) is -0.223. The average Bonchev–Trinajstić information content (AvgIpc) is 2.42. The van der Waals surface area contributed by atoms with E-state index in [-0.39, 0.29) is 11.2 Å². The number of hydrogen-bond donors (Lipinski definition) is 1. The Balaban J connectivity index is 2.62. The van der Waals surface area contributed by atoms with Crippen LogP contribution in [0.25, 0.3) is 11.1 Å². The van der Waals surface area contributed by atoms with E-state index in [0.717, 1.165) is 16.7 Å². The second-order valence-corrected chi connectivity index (χ2v) is 3.74. The summed E-state index contributed by atoms with van der Waals surface area (Å²) in [4.78, 5) is 11.4. The van der Waals surface area contributed by atoms with E-state index in [1.165, 1.54) is 12.1 Å². The molecule has 2 aromatic carbocycles. The fraction of sp³-hybridized carbons (Fsp3) is 0.0714. The SMILES string of the molecule is Cc1cccc(-c2cccc(O)c(=O)c2)c1. The van der Waals surface area contributed by atoms with Crippen LogP contribution in [-0.4, -0.2) is 5.11 Å². The minimum atomic E-state index is -0.360. The molecule has 0 amide bonds. The third-order valence-corrected chi connectivity index (χ3v) is 2.42. The predicted octanol–water partition coefficient (Wildman–Crippen LogP) is 2.73. The first-order valence-electron chi connectivity index (χ1n) is 5.07. The first-order chi connectivity index (χ1) is 7.66. The highest BCUT2D eigenvalue weighted by molar-refractivity contribution is 5.63. The van der Waals surface area contributed by atoms with Crippen LogP contribution in [0.5, 0.6) is 5.75 Å². The lowest BCUT2D eigenvalue weighted by Gasteiger charge is -1.99. The highest BCUT2D eigenvalue weighted by Gasteiger charge is 1.99. The van der Waals surface area contributed by atoms with Crippen LogP contribution in [0.3, 0.4) is 0 Å². The Bertz CT molecular complexity index is 574. The third kappa shape index (κ3) is 2.11.